The molecule has 3 nitrogen and oxygen atoms in total. The first-order chi connectivity index (χ1) is 7.90. The van der Waals surface area contributed by atoms with Crippen LogP contribution in [-0.4, -0.2) is 35.6 Å². The highest BCUT2D eigenvalue weighted by Crippen LogP contribution is 1.99. The SMILES string of the molecule is C=C.C=CC(=C)S(C)(=O)=O.CC.COC.CP. The first kappa shape index (κ1) is 30.0. The zero-order valence-electron chi connectivity index (χ0n) is 12.1. The van der Waals surface area contributed by atoms with E-state index < -0.39 is 9.84 Å². The molecule has 0 aromatic rings. The highest BCUT2D eigenvalue weighted by atomic mass is 32.2. The second-order valence-corrected chi connectivity index (χ2v) is 3.92. The van der Waals surface area contributed by atoms with Crippen molar-refractivity contribution in [3.63, 3.8) is 0 Å². The van der Waals surface area contributed by atoms with E-state index >= 15 is 0 Å². The first-order valence-electron chi connectivity index (χ1n) is 4.89. The van der Waals surface area contributed by atoms with Gasteiger partial charge in [0.1, 0.15) is 0 Å². The molecule has 0 spiro atoms. The lowest BCUT2D eigenvalue weighted by atomic mass is 10.6. The Morgan fingerprint density at radius 1 is 1.18 bits per heavy atom. The minimum atomic E-state index is -3.07. The van der Waals surface area contributed by atoms with Crippen LogP contribution in [-0.2, 0) is 14.6 Å². The Morgan fingerprint density at radius 2 is 1.35 bits per heavy atom. The van der Waals surface area contributed by atoms with Gasteiger partial charge in [0, 0.05) is 20.5 Å². The van der Waals surface area contributed by atoms with Gasteiger partial charge in [0.05, 0.1) is 4.91 Å². The number of rotatable bonds is 2. The summed E-state index contributed by atoms with van der Waals surface area (Å²) < 4.78 is 25.0. The van der Waals surface area contributed by atoms with Crippen LogP contribution in [0.3, 0.4) is 0 Å². The predicted octanol–water partition coefficient (Wildman–Crippen LogP) is 3.31. The smallest absolute Gasteiger partial charge is 0.174 e. The van der Waals surface area contributed by atoms with Crippen LogP contribution >= 0.6 is 9.24 Å². The number of allylic oxidation sites excluding steroid dienone is 1. The van der Waals surface area contributed by atoms with Crippen molar-refractivity contribution in [2.45, 2.75) is 13.8 Å². The Hall–Kier alpha value is -0.440. The summed E-state index contributed by atoms with van der Waals surface area (Å²) in [5.41, 5.74) is 0. The molecule has 0 aliphatic carbocycles. The highest BCUT2D eigenvalue weighted by molar-refractivity contribution is 7.94. The maximum atomic E-state index is 10.4. The first-order valence-corrected chi connectivity index (χ1v) is 7.94. The Labute approximate surface area is 111 Å². The van der Waals surface area contributed by atoms with Gasteiger partial charge in [0.15, 0.2) is 9.84 Å². The van der Waals surface area contributed by atoms with Crippen LogP contribution in [0.4, 0.5) is 0 Å². The molecular weight excluding hydrogens is 255 g/mol. The van der Waals surface area contributed by atoms with Gasteiger partial charge in [0.25, 0.3) is 0 Å². The second-order valence-electron chi connectivity index (χ2n) is 1.85. The van der Waals surface area contributed by atoms with Crippen LogP contribution in [0, 0.1) is 0 Å². The van der Waals surface area contributed by atoms with Crippen molar-refractivity contribution in [2.75, 3.05) is 27.1 Å². The van der Waals surface area contributed by atoms with Gasteiger partial charge in [-0.1, -0.05) is 39.7 Å². The van der Waals surface area contributed by atoms with E-state index in [1.54, 1.807) is 14.2 Å². The average molecular weight is 284 g/mol. The van der Waals surface area contributed by atoms with E-state index in [2.05, 4.69) is 40.3 Å². The molecule has 0 saturated heterocycles. The lowest BCUT2D eigenvalue weighted by Gasteiger charge is -1.90. The van der Waals surface area contributed by atoms with Crippen LogP contribution < -0.4 is 0 Å². The third-order valence-electron chi connectivity index (χ3n) is 0.704. The quantitative estimate of drug-likeness (QED) is 0.444. The lowest BCUT2D eigenvalue weighted by Crippen LogP contribution is -1.95. The molecule has 5 heteroatoms. The molecule has 0 heterocycles. The third kappa shape index (κ3) is 50.1. The lowest BCUT2D eigenvalue weighted by molar-refractivity contribution is 0.277. The number of hydrogen-bond acceptors (Lipinski definition) is 3. The minimum Gasteiger partial charge on any atom is -0.388 e. The largest absolute Gasteiger partial charge is 0.388 e. The van der Waals surface area contributed by atoms with E-state index in [1.807, 2.05) is 20.5 Å². The zero-order chi connectivity index (χ0) is 15.5. The normalized spacial score (nSPS) is 7.00. The fourth-order valence-electron chi connectivity index (χ4n) is 0.151. The molecule has 0 rings (SSSR count). The summed E-state index contributed by atoms with van der Waals surface area (Å²) in [7, 11) is 2.60. The van der Waals surface area contributed by atoms with Crippen molar-refractivity contribution in [3.05, 3.63) is 37.3 Å². The Morgan fingerprint density at radius 3 is 1.35 bits per heavy atom. The molecular formula is C12H29O3PS. The summed E-state index contributed by atoms with van der Waals surface area (Å²) in [4.78, 5) is 0.0671. The molecule has 0 aliphatic rings. The van der Waals surface area contributed by atoms with Crippen LogP contribution in [0.2, 0.25) is 0 Å². The van der Waals surface area contributed by atoms with Crippen LogP contribution in [0.15, 0.2) is 37.3 Å². The van der Waals surface area contributed by atoms with Crippen molar-refractivity contribution in [1.29, 1.82) is 0 Å². The van der Waals surface area contributed by atoms with E-state index in [9.17, 15) is 8.42 Å². The van der Waals surface area contributed by atoms with Gasteiger partial charge in [-0.05, 0) is 0 Å². The average Bonchev–Trinajstić information content (AvgIpc) is 2.35. The molecule has 1 atom stereocenters. The van der Waals surface area contributed by atoms with Gasteiger partial charge >= 0.3 is 0 Å². The summed E-state index contributed by atoms with van der Waals surface area (Å²) in [5.74, 6) is 0. The predicted molar refractivity (Wildman–Crippen MR) is 85.3 cm³/mol. The van der Waals surface area contributed by atoms with Crippen molar-refractivity contribution in [1.82, 2.24) is 0 Å². The highest BCUT2D eigenvalue weighted by Gasteiger charge is 2.01. The number of ether oxygens (including phenoxy) is 1. The van der Waals surface area contributed by atoms with E-state index in [4.69, 9.17) is 0 Å². The summed E-state index contributed by atoms with van der Waals surface area (Å²) >= 11 is 0. The number of methoxy groups -OCH3 is 1. The standard InChI is InChI=1S/C5H8O2S.C2H6O.C2H6.C2H4.CH5P/c1-4-5(2)8(3,6)7;1-3-2;3*1-2/h4H,1-2H2,3H3;1-2H3;1-2H3;1-2H2;2H2,1H3. The maximum Gasteiger partial charge on any atom is 0.174 e. The molecule has 0 fully saturated rings. The van der Waals surface area contributed by atoms with Crippen molar-refractivity contribution < 1.29 is 13.2 Å². The molecule has 0 aliphatic heterocycles. The molecule has 0 saturated carbocycles. The Kier molecular flexibility index (Phi) is 52.2. The monoisotopic (exact) mass is 284 g/mol. The molecule has 0 aromatic heterocycles. The number of hydrogen-bond donors (Lipinski definition) is 0. The maximum absolute atomic E-state index is 10.4. The van der Waals surface area contributed by atoms with E-state index in [0.29, 0.717) is 0 Å². The van der Waals surface area contributed by atoms with E-state index in [1.165, 1.54) is 6.08 Å². The summed E-state index contributed by atoms with van der Waals surface area (Å²) in [6.45, 7) is 18.4. The molecule has 0 bridgehead atoms. The van der Waals surface area contributed by atoms with Crippen LogP contribution in [0.1, 0.15) is 13.8 Å². The summed E-state index contributed by atoms with van der Waals surface area (Å²) in [6, 6.07) is 0. The van der Waals surface area contributed by atoms with Gasteiger partial charge in [-0.15, -0.1) is 22.4 Å². The molecule has 17 heavy (non-hydrogen) atoms. The van der Waals surface area contributed by atoms with Gasteiger partial charge in [-0.3, -0.25) is 0 Å². The fourth-order valence-corrected chi connectivity index (χ4v) is 0.454. The van der Waals surface area contributed by atoms with Gasteiger partial charge < -0.3 is 4.74 Å². The topological polar surface area (TPSA) is 43.4 Å². The zero-order valence-corrected chi connectivity index (χ0v) is 14.1. The summed E-state index contributed by atoms with van der Waals surface area (Å²) in [6.07, 6.45) is 2.31. The molecule has 0 N–H and O–H groups in total. The molecule has 1 unspecified atom stereocenters. The fraction of sp³-hybridized carbons (Fsp3) is 0.500. The van der Waals surface area contributed by atoms with Crippen LogP contribution in [0.25, 0.3) is 0 Å². The van der Waals surface area contributed by atoms with E-state index in [0.717, 1.165) is 6.26 Å². The van der Waals surface area contributed by atoms with Crippen molar-refractivity contribution >= 4 is 19.1 Å². The van der Waals surface area contributed by atoms with Gasteiger partial charge in [0.2, 0.25) is 0 Å². The van der Waals surface area contributed by atoms with E-state index in [-0.39, 0.29) is 4.91 Å². The van der Waals surface area contributed by atoms with Crippen molar-refractivity contribution in [3.8, 4) is 0 Å². The van der Waals surface area contributed by atoms with Gasteiger partial charge in [-0.2, -0.15) is 0 Å². The van der Waals surface area contributed by atoms with Crippen LogP contribution in [0.5, 0.6) is 0 Å². The minimum absolute atomic E-state index is 0.0671. The molecule has 0 radical (unpaired) electrons. The molecule has 106 valence electrons. The van der Waals surface area contributed by atoms with Crippen molar-refractivity contribution in [2.24, 2.45) is 0 Å². The molecule has 0 amide bonds. The second kappa shape index (κ2) is 29.6. The van der Waals surface area contributed by atoms with Gasteiger partial charge in [-0.25, -0.2) is 8.42 Å². The summed E-state index contributed by atoms with van der Waals surface area (Å²) in [5, 5.41) is 0. The third-order valence-corrected chi connectivity index (χ3v) is 1.82. The Bertz CT molecular complexity index is 234. The Balaban J connectivity index is -0.0000000448. The number of sulfone groups is 1. The molecule has 0 aromatic carbocycles.